The minimum atomic E-state index is -0.874. The highest BCUT2D eigenvalue weighted by atomic mass is 16.4. The molecule has 0 amide bonds. The Morgan fingerprint density at radius 2 is 1.96 bits per heavy atom. The third-order valence-corrected chi connectivity index (χ3v) is 3.41. The number of aliphatic carboxylic acids is 1. The number of carboxylic acids is 1. The van der Waals surface area contributed by atoms with Gasteiger partial charge in [-0.05, 0) is 30.9 Å². The summed E-state index contributed by atoms with van der Waals surface area (Å²) in [6.45, 7) is 6.00. The highest BCUT2D eigenvalue weighted by Gasteiger charge is 2.19. The molecule has 6 nitrogen and oxygen atoms in total. The Morgan fingerprint density at radius 1 is 1.26 bits per heavy atom. The van der Waals surface area contributed by atoms with Crippen LogP contribution in [0.15, 0.2) is 30.6 Å². The van der Waals surface area contributed by atoms with Gasteiger partial charge in [0.05, 0.1) is 0 Å². The highest BCUT2D eigenvalue weighted by molar-refractivity contribution is 5.77. The second-order valence-corrected chi connectivity index (χ2v) is 5.82. The van der Waals surface area contributed by atoms with Gasteiger partial charge >= 0.3 is 5.97 Å². The molecule has 0 radical (unpaired) electrons. The standard InChI is InChI=1S/C17H22N4O2/c1-4-13-10-15(20-14(17(22)23)9-11(2)3)21-16(19-13)12-5-7-18-8-6-12/h5-8,10-11,14H,4,9H2,1-3H3,(H,22,23)(H,19,20,21). The Labute approximate surface area is 136 Å². The second-order valence-electron chi connectivity index (χ2n) is 5.82. The molecule has 0 aliphatic carbocycles. The Kier molecular flexibility index (Phi) is 5.62. The van der Waals surface area contributed by atoms with E-state index in [9.17, 15) is 9.90 Å². The minimum Gasteiger partial charge on any atom is -0.480 e. The van der Waals surface area contributed by atoms with Crippen LogP contribution in [0.4, 0.5) is 5.82 Å². The van der Waals surface area contributed by atoms with E-state index in [2.05, 4.69) is 20.3 Å². The van der Waals surface area contributed by atoms with E-state index in [0.29, 0.717) is 18.1 Å². The lowest BCUT2D eigenvalue weighted by Gasteiger charge is -2.18. The zero-order chi connectivity index (χ0) is 16.8. The molecule has 2 heterocycles. The largest absolute Gasteiger partial charge is 0.480 e. The molecule has 122 valence electrons. The van der Waals surface area contributed by atoms with E-state index >= 15 is 0 Å². The molecule has 23 heavy (non-hydrogen) atoms. The Bertz CT molecular complexity index is 659. The zero-order valence-electron chi connectivity index (χ0n) is 13.7. The fourth-order valence-electron chi connectivity index (χ4n) is 2.25. The van der Waals surface area contributed by atoms with Crippen molar-refractivity contribution in [3.63, 3.8) is 0 Å². The molecule has 0 aromatic carbocycles. The predicted molar refractivity (Wildman–Crippen MR) is 89.1 cm³/mol. The summed E-state index contributed by atoms with van der Waals surface area (Å²) in [5.74, 6) is 0.510. The van der Waals surface area contributed by atoms with Crippen molar-refractivity contribution in [2.75, 3.05) is 5.32 Å². The first-order chi connectivity index (χ1) is 11.0. The molecule has 0 saturated heterocycles. The lowest BCUT2D eigenvalue weighted by molar-refractivity contribution is -0.138. The van der Waals surface area contributed by atoms with Gasteiger partial charge in [-0.25, -0.2) is 14.8 Å². The van der Waals surface area contributed by atoms with Gasteiger partial charge in [-0.2, -0.15) is 0 Å². The number of nitrogens with zero attached hydrogens (tertiary/aromatic N) is 3. The minimum absolute atomic E-state index is 0.274. The molecule has 2 rings (SSSR count). The van der Waals surface area contributed by atoms with Crippen LogP contribution in [-0.2, 0) is 11.2 Å². The lowest BCUT2D eigenvalue weighted by Crippen LogP contribution is -2.31. The number of carbonyl (C=O) groups is 1. The normalized spacial score (nSPS) is 12.2. The molecule has 0 spiro atoms. The van der Waals surface area contributed by atoms with Crippen LogP contribution in [0.5, 0.6) is 0 Å². The summed E-state index contributed by atoms with van der Waals surface area (Å²) < 4.78 is 0. The van der Waals surface area contributed by atoms with Crippen LogP contribution in [0.2, 0.25) is 0 Å². The van der Waals surface area contributed by atoms with Crippen molar-refractivity contribution in [1.82, 2.24) is 15.0 Å². The quantitative estimate of drug-likeness (QED) is 0.816. The number of anilines is 1. The van der Waals surface area contributed by atoms with Crippen LogP contribution >= 0.6 is 0 Å². The van der Waals surface area contributed by atoms with Gasteiger partial charge in [0.25, 0.3) is 0 Å². The summed E-state index contributed by atoms with van der Waals surface area (Å²) in [7, 11) is 0. The van der Waals surface area contributed by atoms with E-state index in [-0.39, 0.29) is 5.92 Å². The van der Waals surface area contributed by atoms with Crippen molar-refractivity contribution in [3.05, 3.63) is 36.3 Å². The molecule has 1 atom stereocenters. The summed E-state index contributed by atoms with van der Waals surface area (Å²) in [5, 5.41) is 12.4. The number of aryl methyl sites for hydroxylation is 1. The zero-order valence-corrected chi connectivity index (χ0v) is 13.7. The highest BCUT2D eigenvalue weighted by Crippen LogP contribution is 2.19. The van der Waals surface area contributed by atoms with E-state index in [4.69, 9.17) is 0 Å². The van der Waals surface area contributed by atoms with Crippen molar-refractivity contribution in [2.24, 2.45) is 5.92 Å². The fraction of sp³-hybridized carbons (Fsp3) is 0.412. The van der Waals surface area contributed by atoms with E-state index in [1.807, 2.05) is 32.9 Å². The Morgan fingerprint density at radius 3 is 2.52 bits per heavy atom. The molecule has 1 unspecified atom stereocenters. The van der Waals surface area contributed by atoms with Gasteiger partial charge in [0, 0.05) is 29.7 Å². The van der Waals surface area contributed by atoms with Gasteiger partial charge in [-0.3, -0.25) is 4.98 Å². The average molecular weight is 314 g/mol. The number of aromatic nitrogens is 3. The van der Waals surface area contributed by atoms with Gasteiger partial charge < -0.3 is 10.4 Å². The summed E-state index contributed by atoms with van der Waals surface area (Å²) >= 11 is 0. The van der Waals surface area contributed by atoms with E-state index in [1.54, 1.807) is 18.5 Å². The molecule has 2 aromatic heterocycles. The SMILES string of the molecule is CCc1cc(NC(CC(C)C)C(=O)O)nc(-c2ccncc2)n1. The summed E-state index contributed by atoms with van der Waals surface area (Å²) in [6, 6.07) is 4.81. The van der Waals surface area contributed by atoms with E-state index in [1.165, 1.54) is 0 Å². The van der Waals surface area contributed by atoms with Crippen LogP contribution in [0, 0.1) is 5.92 Å². The van der Waals surface area contributed by atoms with Crippen LogP contribution < -0.4 is 5.32 Å². The first kappa shape index (κ1) is 16.9. The van der Waals surface area contributed by atoms with Gasteiger partial charge in [-0.1, -0.05) is 20.8 Å². The van der Waals surface area contributed by atoms with Crippen molar-refractivity contribution in [1.29, 1.82) is 0 Å². The number of hydrogen-bond acceptors (Lipinski definition) is 5. The third-order valence-electron chi connectivity index (χ3n) is 3.41. The summed E-state index contributed by atoms with van der Waals surface area (Å²) in [4.78, 5) is 24.4. The van der Waals surface area contributed by atoms with Gasteiger partial charge in [0.15, 0.2) is 5.82 Å². The van der Waals surface area contributed by atoms with Crippen LogP contribution in [-0.4, -0.2) is 32.1 Å². The van der Waals surface area contributed by atoms with Crippen LogP contribution in [0.25, 0.3) is 11.4 Å². The van der Waals surface area contributed by atoms with Crippen molar-refractivity contribution < 1.29 is 9.90 Å². The molecule has 0 saturated carbocycles. The summed E-state index contributed by atoms with van der Waals surface area (Å²) in [6.07, 6.45) is 4.65. The Balaban J connectivity index is 2.32. The predicted octanol–water partition coefficient (Wildman–Crippen LogP) is 3.01. The van der Waals surface area contributed by atoms with Crippen molar-refractivity contribution >= 4 is 11.8 Å². The monoisotopic (exact) mass is 314 g/mol. The number of hydrogen-bond donors (Lipinski definition) is 2. The first-order valence-electron chi connectivity index (χ1n) is 7.77. The number of carboxylic acid groups (broad SMARTS) is 1. The molecule has 2 aromatic rings. The lowest BCUT2D eigenvalue weighted by atomic mass is 10.0. The number of pyridine rings is 1. The molecule has 0 aliphatic rings. The maximum Gasteiger partial charge on any atom is 0.326 e. The maximum absolute atomic E-state index is 11.4. The van der Waals surface area contributed by atoms with Crippen molar-refractivity contribution in [2.45, 2.75) is 39.7 Å². The molecular weight excluding hydrogens is 292 g/mol. The van der Waals surface area contributed by atoms with Gasteiger partial charge in [0.2, 0.25) is 0 Å². The van der Waals surface area contributed by atoms with Crippen LogP contribution in [0.1, 0.15) is 32.9 Å². The molecule has 0 aliphatic heterocycles. The molecule has 0 fully saturated rings. The first-order valence-corrected chi connectivity index (χ1v) is 7.77. The fourth-order valence-corrected chi connectivity index (χ4v) is 2.25. The maximum atomic E-state index is 11.4. The van der Waals surface area contributed by atoms with Gasteiger partial charge in [-0.15, -0.1) is 0 Å². The second kappa shape index (κ2) is 7.67. The van der Waals surface area contributed by atoms with Crippen LogP contribution in [0.3, 0.4) is 0 Å². The third kappa shape index (κ3) is 4.74. The topological polar surface area (TPSA) is 88.0 Å². The molecule has 6 heteroatoms. The Hall–Kier alpha value is -2.50. The van der Waals surface area contributed by atoms with E-state index in [0.717, 1.165) is 17.7 Å². The molecular formula is C17H22N4O2. The number of rotatable bonds is 7. The summed E-state index contributed by atoms with van der Waals surface area (Å²) in [5.41, 5.74) is 1.72. The smallest absolute Gasteiger partial charge is 0.326 e. The average Bonchev–Trinajstić information content (AvgIpc) is 2.54. The van der Waals surface area contributed by atoms with Crippen molar-refractivity contribution in [3.8, 4) is 11.4 Å². The van der Waals surface area contributed by atoms with Gasteiger partial charge in [0.1, 0.15) is 11.9 Å². The molecule has 0 bridgehead atoms. The number of nitrogens with one attached hydrogen (secondary N) is 1. The van der Waals surface area contributed by atoms with E-state index < -0.39 is 12.0 Å². The molecule has 2 N–H and O–H groups in total.